The molecule has 2 aromatic rings. The van der Waals surface area contributed by atoms with Gasteiger partial charge in [0.05, 0.1) is 30.7 Å². The van der Waals surface area contributed by atoms with E-state index in [1.54, 1.807) is 6.07 Å². The van der Waals surface area contributed by atoms with Gasteiger partial charge in [0.25, 0.3) is 0 Å². The number of nitrogens with zero attached hydrogens (tertiary/aromatic N) is 2. The molecule has 3 atom stereocenters. The van der Waals surface area contributed by atoms with Gasteiger partial charge in [-0.2, -0.15) is 0 Å². The lowest BCUT2D eigenvalue weighted by molar-refractivity contribution is -0.142. The Bertz CT molecular complexity index is 885. The summed E-state index contributed by atoms with van der Waals surface area (Å²) >= 11 is 7.56. The van der Waals surface area contributed by atoms with E-state index < -0.39 is 18.0 Å². The van der Waals surface area contributed by atoms with Gasteiger partial charge in [-0.1, -0.05) is 43.6 Å². The number of anilines is 1. The van der Waals surface area contributed by atoms with Crippen molar-refractivity contribution in [3.8, 4) is 11.3 Å². The molecule has 6 nitrogen and oxygen atoms in total. The van der Waals surface area contributed by atoms with Gasteiger partial charge in [-0.05, 0) is 30.7 Å². The van der Waals surface area contributed by atoms with Crippen molar-refractivity contribution in [1.29, 1.82) is 0 Å². The number of aliphatic hydroxyl groups is 1. The van der Waals surface area contributed by atoms with E-state index in [1.165, 1.54) is 16.2 Å². The molecule has 3 rings (SSSR count). The molecule has 0 radical (unpaired) electrons. The Morgan fingerprint density at radius 3 is 2.72 bits per heavy atom. The molecule has 156 valence electrons. The smallest absolute Gasteiger partial charge is 0.304 e. The number of hydrogen-bond acceptors (Lipinski definition) is 5. The van der Waals surface area contributed by atoms with Gasteiger partial charge < -0.3 is 10.2 Å². The topological polar surface area (TPSA) is 90.7 Å². The molecule has 0 aliphatic carbocycles. The van der Waals surface area contributed by atoms with Gasteiger partial charge >= 0.3 is 5.97 Å². The number of amides is 1. The lowest BCUT2D eigenvalue weighted by Crippen LogP contribution is -2.47. The first-order valence-electron chi connectivity index (χ1n) is 9.69. The number of aliphatic carboxylic acids is 1. The third-order valence-corrected chi connectivity index (χ3v) is 6.64. The molecule has 1 aliphatic heterocycles. The van der Waals surface area contributed by atoms with Crippen LogP contribution < -0.4 is 4.90 Å². The predicted octanol–water partition coefficient (Wildman–Crippen LogP) is 4.31. The van der Waals surface area contributed by atoms with E-state index in [9.17, 15) is 19.8 Å². The van der Waals surface area contributed by atoms with E-state index in [-0.39, 0.29) is 30.7 Å². The minimum absolute atomic E-state index is 0.106. The standard InChI is InChI=1S/C21H25ClN2O4S/c1-12(2)14-8-7-13(25)10-24(20(28)16(14)9-19(26)27)21-23-18(11-29-21)15-5-3-4-6-17(15)22/h3-6,11-14,16,25H,7-10H2,1-2H3,(H,26,27). The Labute approximate surface area is 179 Å². The molecule has 0 spiro atoms. The average molecular weight is 437 g/mol. The van der Waals surface area contributed by atoms with Crippen LogP contribution in [0.5, 0.6) is 0 Å². The summed E-state index contributed by atoms with van der Waals surface area (Å²) < 4.78 is 0. The number of carbonyl (C=O) groups excluding carboxylic acids is 1. The van der Waals surface area contributed by atoms with Crippen molar-refractivity contribution < 1.29 is 19.8 Å². The molecular formula is C21H25ClN2O4S. The number of aromatic nitrogens is 1. The fourth-order valence-corrected chi connectivity index (χ4v) is 5.01. The first-order valence-corrected chi connectivity index (χ1v) is 10.9. The molecule has 8 heteroatoms. The van der Waals surface area contributed by atoms with Crippen molar-refractivity contribution in [2.75, 3.05) is 11.4 Å². The Hall–Kier alpha value is -1.96. The second-order valence-electron chi connectivity index (χ2n) is 7.79. The molecule has 0 saturated carbocycles. The third-order valence-electron chi connectivity index (χ3n) is 5.45. The van der Waals surface area contributed by atoms with Crippen molar-refractivity contribution >= 4 is 39.9 Å². The maximum Gasteiger partial charge on any atom is 0.304 e. The molecule has 1 fully saturated rings. The first-order chi connectivity index (χ1) is 13.8. The number of halogens is 1. The summed E-state index contributed by atoms with van der Waals surface area (Å²) in [6.45, 7) is 4.09. The average Bonchev–Trinajstić information content (AvgIpc) is 3.13. The Morgan fingerprint density at radius 2 is 2.07 bits per heavy atom. The second kappa shape index (κ2) is 9.24. The molecule has 3 unspecified atom stereocenters. The monoisotopic (exact) mass is 436 g/mol. The molecule has 1 saturated heterocycles. The lowest BCUT2D eigenvalue weighted by atomic mass is 9.76. The number of benzene rings is 1. The minimum atomic E-state index is -0.994. The number of thiazole rings is 1. The highest BCUT2D eigenvalue weighted by atomic mass is 35.5. The van der Waals surface area contributed by atoms with Gasteiger partial charge in [0.2, 0.25) is 5.91 Å². The summed E-state index contributed by atoms with van der Waals surface area (Å²) in [7, 11) is 0. The first kappa shape index (κ1) is 21.7. The Balaban J connectivity index is 1.97. The number of hydrogen-bond donors (Lipinski definition) is 2. The van der Waals surface area contributed by atoms with Crippen LogP contribution in [-0.4, -0.2) is 39.7 Å². The van der Waals surface area contributed by atoms with E-state index in [2.05, 4.69) is 4.98 Å². The quantitative estimate of drug-likeness (QED) is 0.728. The maximum atomic E-state index is 13.4. The van der Waals surface area contributed by atoms with Crippen LogP contribution in [0, 0.1) is 17.8 Å². The SMILES string of the molecule is CC(C)C1CCC(O)CN(c2nc(-c3ccccc3Cl)cs2)C(=O)C1CC(=O)O. The van der Waals surface area contributed by atoms with E-state index in [0.717, 1.165) is 5.56 Å². The van der Waals surface area contributed by atoms with Crippen molar-refractivity contribution in [3.05, 3.63) is 34.7 Å². The van der Waals surface area contributed by atoms with Gasteiger partial charge in [0.1, 0.15) is 0 Å². The van der Waals surface area contributed by atoms with Gasteiger partial charge in [0.15, 0.2) is 5.13 Å². The van der Waals surface area contributed by atoms with Crippen LogP contribution >= 0.6 is 22.9 Å². The molecule has 1 aliphatic rings. The number of carboxylic acid groups (broad SMARTS) is 1. The van der Waals surface area contributed by atoms with Crippen LogP contribution in [0.1, 0.15) is 33.1 Å². The number of carboxylic acids is 1. The normalized spacial score (nSPS) is 23.1. The van der Waals surface area contributed by atoms with Gasteiger partial charge in [-0.15, -0.1) is 11.3 Å². The highest BCUT2D eigenvalue weighted by Crippen LogP contribution is 2.37. The summed E-state index contributed by atoms with van der Waals surface area (Å²) in [5.41, 5.74) is 1.41. The maximum absolute atomic E-state index is 13.4. The summed E-state index contributed by atoms with van der Waals surface area (Å²) in [5, 5.41) is 22.7. The Morgan fingerprint density at radius 1 is 1.34 bits per heavy atom. The molecule has 29 heavy (non-hydrogen) atoms. The zero-order chi connectivity index (χ0) is 21.1. The van der Waals surface area contributed by atoms with Gasteiger partial charge in [0, 0.05) is 16.0 Å². The van der Waals surface area contributed by atoms with Crippen LogP contribution in [0.15, 0.2) is 29.6 Å². The predicted molar refractivity (Wildman–Crippen MR) is 114 cm³/mol. The molecular weight excluding hydrogens is 412 g/mol. The van der Waals surface area contributed by atoms with E-state index >= 15 is 0 Å². The highest BCUT2D eigenvalue weighted by Gasteiger charge is 2.39. The zero-order valence-corrected chi connectivity index (χ0v) is 18.0. The molecule has 0 bridgehead atoms. The third kappa shape index (κ3) is 4.97. The fraction of sp³-hybridized carbons (Fsp3) is 0.476. The second-order valence-corrected chi connectivity index (χ2v) is 9.03. The molecule has 2 heterocycles. The lowest BCUT2D eigenvalue weighted by Gasteiger charge is -2.36. The van der Waals surface area contributed by atoms with Gasteiger partial charge in [-0.25, -0.2) is 4.98 Å². The van der Waals surface area contributed by atoms with E-state index in [1.807, 2.05) is 37.4 Å². The van der Waals surface area contributed by atoms with Crippen LogP contribution in [-0.2, 0) is 9.59 Å². The summed E-state index contributed by atoms with van der Waals surface area (Å²) in [4.78, 5) is 30.9. The number of carbonyl (C=O) groups is 2. The molecule has 1 aromatic carbocycles. The number of β-amino-alcohol motifs (C(OH)–C–C–N with tert-alkyl or cyclic N) is 1. The van der Waals surface area contributed by atoms with Crippen molar-refractivity contribution in [2.24, 2.45) is 17.8 Å². The zero-order valence-electron chi connectivity index (χ0n) is 16.4. The molecule has 2 N–H and O–H groups in total. The highest BCUT2D eigenvalue weighted by molar-refractivity contribution is 7.14. The summed E-state index contributed by atoms with van der Waals surface area (Å²) in [6, 6.07) is 7.32. The van der Waals surface area contributed by atoms with Crippen molar-refractivity contribution in [2.45, 2.75) is 39.2 Å². The van der Waals surface area contributed by atoms with Crippen LogP contribution in [0.3, 0.4) is 0 Å². The number of rotatable bonds is 5. The largest absolute Gasteiger partial charge is 0.481 e. The molecule has 1 amide bonds. The van der Waals surface area contributed by atoms with Crippen molar-refractivity contribution in [3.63, 3.8) is 0 Å². The molecule has 1 aromatic heterocycles. The number of aliphatic hydroxyl groups excluding tert-OH is 1. The van der Waals surface area contributed by atoms with Crippen LogP contribution in [0.25, 0.3) is 11.3 Å². The van der Waals surface area contributed by atoms with Crippen LogP contribution in [0.4, 0.5) is 5.13 Å². The van der Waals surface area contributed by atoms with Crippen LogP contribution in [0.2, 0.25) is 5.02 Å². The fourth-order valence-electron chi connectivity index (χ4n) is 3.94. The summed E-state index contributed by atoms with van der Waals surface area (Å²) in [5.74, 6) is -1.91. The minimum Gasteiger partial charge on any atom is -0.481 e. The van der Waals surface area contributed by atoms with E-state index in [4.69, 9.17) is 11.6 Å². The van der Waals surface area contributed by atoms with Gasteiger partial charge in [-0.3, -0.25) is 14.5 Å². The summed E-state index contributed by atoms with van der Waals surface area (Å²) in [6.07, 6.45) is 0.236. The van der Waals surface area contributed by atoms with E-state index in [0.29, 0.717) is 28.7 Å². The van der Waals surface area contributed by atoms with Crippen molar-refractivity contribution in [1.82, 2.24) is 4.98 Å². The Kier molecular flexibility index (Phi) is 6.93.